The Hall–Kier alpha value is -1.67. The number of hydrogen-bond acceptors (Lipinski definition) is 7. The molecule has 1 saturated carbocycles. The first-order valence-corrected chi connectivity index (χ1v) is 10.9. The number of hydrogen-bond donors (Lipinski definition) is 0. The van der Waals surface area contributed by atoms with Crippen LogP contribution in [0.5, 0.6) is 0 Å². The van der Waals surface area contributed by atoms with Crippen LogP contribution in [0, 0.1) is 6.92 Å². The summed E-state index contributed by atoms with van der Waals surface area (Å²) < 4.78 is 8.18. The van der Waals surface area contributed by atoms with Crippen LogP contribution < -0.4 is 0 Å². The van der Waals surface area contributed by atoms with Gasteiger partial charge in [-0.1, -0.05) is 32.5 Å². The minimum atomic E-state index is 0.377. The zero-order valence-corrected chi connectivity index (χ0v) is 17.2. The lowest BCUT2D eigenvalue weighted by atomic mass is 10.2. The van der Waals surface area contributed by atoms with Crippen molar-refractivity contribution in [1.29, 1.82) is 0 Å². The van der Waals surface area contributed by atoms with E-state index in [2.05, 4.69) is 58.7 Å². The van der Waals surface area contributed by atoms with Crippen molar-refractivity contribution in [3.05, 3.63) is 28.2 Å². The van der Waals surface area contributed by atoms with E-state index >= 15 is 0 Å². The van der Waals surface area contributed by atoms with Crippen LogP contribution in [-0.2, 0) is 12.2 Å². The van der Waals surface area contributed by atoms with Gasteiger partial charge >= 0.3 is 0 Å². The highest BCUT2D eigenvalue weighted by atomic mass is 32.2. The topological polar surface area (TPSA) is 69.6 Å². The van der Waals surface area contributed by atoms with E-state index in [9.17, 15) is 0 Å². The number of aromatic nitrogens is 5. The minimum Gasteiger partial charge on any atom is -0.419 e. The summed E-state index contributed by atoms with van der Waals surface area (Å²) in [6.07, 6.45) is 3.46. The summed E-state index contributed by atoms with van der Waals surface area (Å²) in [5.74, 6) is 3.30. The molecule has 0 unspecified atom stereocenters. The lowest BCUT2D eigenvalue weighted by molar-refractivity contribution is 0.529. The maximum Gasteiger partial charge on any atom is 0.257 e. The predicted octanol–water partition coefficient (Wildman–Crippen LogP) is 5.01. The monoisotopic (exact) mass is 389 g/mol. The van der Waals surface area contributed by atoms with Crippen LogP contribution >= 0.6 is 23.1 Å². The Morgan fingerprint density at radius 2 is 2.08 bits per heavy atom. The van der Waals surface area contributed by atoms with E-state index in [1.165, 1.54) is 23.3 Å². The SMILES string of the molecule is CCc1sc(-c2nnc(CSc3nnc(C(C)C)n3C3CC3)o2)cc1C. The average molecular weight is 390 g/mol. The molecule has 0 atom stereocenters. The first-order chi connectivity index (χ1) is 12.6. The van der Waals surface area contributed by atoms with Gasteiger partial charge in [-0.3, -0.25) is 0 Å². The second-order valence-corrected chi connectivity index (χ2v) is 9.04. The summed E-state index contributed by atoms with van der Waals surface area (Å²) in [5.41, 5.74) is 1.29. The third-order valence-corrected chi connectivity index (χ3v) is 6.76. The largest absolute Gasteiger partial charge is 0.419 e. The molecule has 0 spiro atoms. The van der Waals surface area contributed by atoms with E-state index in [0.29, 0.717) is 29.5 Å². The lowest BCUT2D eigenvalue weighted by Crippen LogP contribution is -2.04. The molecule has 138 valence electrons. The molecule has 0 N–H and O–H groups in total. The molecule has 3 aromatic heterocycles. The van der Waals surface area contributed by atoms with Crippen molar-refractivity contribution in [2.24, 2.45) is 0 Å². The zero-order chi connectivity index (χ0) is 18.3. The Balaban J connectivity index is 1.48. The Labute approximate surface area is 161 Å². The van der Waals surface area contributed by atoms with E-state index in [1.54, 1.807) is 23.1 Å². The molecule has 1 aliphatic rings. The molecule has 3 aromatic rings. The number of thiophene rings is 1. The van der Waals surface area contributed by atoms with Crippen molar-refractivity contribution in [3.63, 3.8) is 0 Å². The third-order valence-electron chi connectivity index (χ3n) is 4.46. The molecule has 0 radical (unpaired) electrons. The average Bonchev–Trinajstić information content (AvgIpc) is 3.05. The number of aryl methyl sites for hydroxylation is 2. The molecule has 1 fully saturated rings. The molecule has 6 nitrogen and oxygen atoms in total. The highest BCUT2D eigenvalue weighted by Crippen LogP contribution is 2.40. The van der Waals surface area contributed by atoms with Crippen molar-refractivity contribution in [2.45, 2.75) is 69.8 Å². The molecule has 0 bridgehead atoms. The molecule has 8 heteroatoms. The molecule has 0 saturated heterocycles. The normalized spacial score (nSPS) is 14.5. The number of thioether (sulfide) groups is 1. The first kappa shape index (κ1) is 17.7. The maximum atomic E-state index is 5.88. The van der Waals surface area contributed by atoms with E-state index < -0.39 is 0 Å². The minimum absolute atomic E-state index is 0.377. The molecule has 0 aromatic carbocycles. The Bertz CT molecular complexity index is 907. The van der Waals surface area contributed by atoms with Crippen LogP contribution in [0.4, 0.5) is 0 Å². The third kappa shape index (κ3) is 3.44. The fraction of sp³-hybridized carbons (Fsp3) is 0.556. The van der Waals surface area contributed by atoms with Gasteiger partial charge in [0.15, 0.2) is 5.16 Å². The summed E-state index contributed by atoms with van der Waals surface area (Å²) in [6, 6.07) is 2.69. The van der Waals surface area contributed by atoms with E-state index in [1.807, 2.05) is 0 Å². The lowest BCUT2D eigenvalue weighted by Gasteiger charge is -2.09. The van der Waals surface area contributed by atoms with Gasteiger partial charge in [0.1, 0.15) is 5.82 Å². The van der Waals surface area contributed by atoms with Crippen LogP contribution in [-0.4, -0.2) is 25.0 Å². The van der Waals surface area contributed by atoms with Gasteiger partial charge in [-0.15, -0.1) is 31.7 Å². The molecule has 0 aliphatic heterocycles. The van der Waals surface area contributed by atoms with Gasteiger partial charge in [-0.25, -0.2) is 0 Å². The predicted molar refractivity (Wildman–Crippen MR) is 104 cm³/mol. The van der Waals surface area contributed by atoms with Crippen molar-refractivity contribution in [2.75, 3.05) is 0 Å². The summed E-state index contributed by atoms with van der Waals surface area (Å²) >= 11 is 3.36. The molecular formula is C18H23N5OS2. The van der Waals surface area contributed by atoms with Crippen molar-refractivity contribution in [1.82, 2.24) is 25.0 Å². The molecular weight excluding hydrogens is 366 g/mol. The summed E-state index contributed by atoms with van der Waals surface area (Å²) in [7, 11) is 0. The van der Waals surface area contributed by atoms with Crippen molar-refractivity contribution < 1.29 is 4.42 Å². The Morgan fingerprint density at radius 3 is 2.73 bits per heavy atom. The maximum absolute atomic E-state index is 5.88. The van der Waals surface area contributed by atoms with Crippen molar-refractivity contribution >= 4 is 23.1 Å². The van der Waals surface area contributed by atoms with Crippen molar-refractivity contribution in [3.8, 4) is 10.8 Å². The summed E-state index contributed by atoms with van der Waals surface area (Å²) in [6.45, 7) is 8.62. The first-order valence-electron chi connectivity index (χ1n) is 9.06. The summed E-state index contributed by atoms with van der Waals surface area (Å²) in [4.78, 5) is 2.42. The van der Waals surface area contributed by atoms with Gasteiger partial charge in [0.25, 0.3) is 5.89 Å². The van der Waals surface area contributed by atoms with Crippen LogP contribution in [0.15, 0.2) is 15.6 Å². The molecule has 3 heterocycles. The van der Waals surface area contributed by atoms with Gasteiger partial charge in [0.2, 0.25) is 5.89 Å². The quantitative estimate of drug-likeness (QED) is 0.529. The van der Waals surface area contributed by atoms with E-state index in [0.717, 1.165) is 22.3 Å². The number of nitrogens with zero attached hydrogens (tertiary/aromatic N) is 5. The highest BCUT2D eigenvalue weighted by molar-refractivity contribution is 7.98. The zero-order valence-electron chi connectivity index (χ0n) is 15.5. The van der Waals surface area contributed by atoms with E-state index in [4.69, 9.17) is 4.42 Å². The van der Waals surface area contributed by atoms with E-state index in [-0.39, 0.29) is 0 Å². The second kappa shape index (κ2) is 7.15. The van der Waals surface area contributed by atoms with Crippen LogP contribution in [0.3, 0.4) is 0 Å². The standard InChI is InChI=1S/C18H23N5OS2/c1-5-13-11(4)8-14(26-13)17-21-19-15(24-17)9-25-18-22-20-16(10(2)3)23(18)12-6-7-12/h8,10,12H,5-7,9H2,1-4H3. The molecule has 4 rings (SSSR count). The summed E-state index contributed by atoms with van der Waals surface area (Å²) in [5, 5.41) is 18.2. The van der Waals surface area contributed by atoms with Gasteiger partial charge in [0.05, 0.1) is 10.6 Å². The fourth-order valence-corrected chi connectivity index (χ4v) is 4.86. The molecule has 1 aliphatic carbocycles. The van der Waals surface area contributed by atoms with Gasteiger partial charge < -0.3 is 8.98 Å². The smallest absolute Gasteiger partial charge is 0.257 e. The van der Waals surface area contributed by atoms with Gasteiger partial charge in [-0.05, 0) is 37.8 Å². The van der Waals surface area contributed by atoms with Gasteiger partial charge in [0, 0.05) is 16.8 Å². The highest BCUT2D eigenvalue weighted by Gasteiger charge is 2.30. The number of rotatable bonds is 7. The second-order valence-electron chi connectivity index (χ2n) is 6.96. The van der Waals surface area contributed by atoms with Gasteiger partial charge in [-0.2, -0.15) is 0 Å². The molecule has 0 amide bonds. The van der Waals surface area contributed by atoms with Crippen LogP contribution in [0.1, 0.15) is 67.7 Å². The Kier molecular flexibility index (Phi) is 4.88. The fourth-order valence-electron chi connectivity index (χ4n) is 2.97. The Morgan fingerprint density at radius 1 is 1.27 bits per heavy atom. The van der Waals surface area contributed by atoms with Crippen LogP contribution in [0.2, 0.25) is 0 Å². The molecule has 26 heavy (non-hydrogen) atoms. The van der Waals surface area contributed by atoms with Crippen LogP contribution in [0.25, 0.3) is 10.8 Å².